The molecule has 1 N–H and O–H groups in total. The van der Waals surface area contributed by atoms with E-state index in [9.17, 15) is 18.0 Å². The summed E-state index contributed by atoms with van der Waals surface area (Å²) in [6.45, 7) is 3.89. The molecule has 0 saturated carbocycles. The maximum absolute atomic E-state index is 12.8. The third kappa shape index (κ3) is 4.60. The molecule has 2 aromatic carbocycles. The Morgan fingerprint density at radius 1 is 1.12 bits per heavy atom. The molecular formula is C19H20F3NO. The van der Waals surface area contributed by atoms with Crippen LogP contribution < -0.4 is 5.32 Å². The number of aryl methyl sites for hydroxylation is 1. The average Bonchev–Trinajstić information content (AvgIpc) is 2.55. The molecule has 128 valence electrons. The summed E-state index contributed by atoms with van der Waals surface area (Å²) in [6.07, 6.45) is -3.17. The minimum Gasteiger partial charge on any atom is -0.375 e. The average molecular weight is 335 g/mol. The zero-order valence-electron chi connectivity index (χ0n) is 13.7. The molecule has 0 aromatic heterocycles. The van der Waals surface area contributed by atoms with Crippen LogP contribution in [0.1, 0.15) is 41.3 Å². The van der Waals surface area contributed by atoms with Gasteiger partial charge in [-0.05, 0) is 37.6 Å². The van der Waals surface area contributed by atoms with Gasteiger partial charge in [-0.15, -0.1) is 0 Å². The highest BCUT2D eigenvalue weighted by Crippen LogP contribution is 2.30. The second kappa shape index (κ2) is 7.51. The fraction of sp³-hybridized carbons (Fsp3) is 0.316. The van der Waals surface area contributed by atoms with Crippen molar-refractivity contribution in [1.29, 1.82) is 0 Å². The van der Waals surface area contributed by atoms with Gasteiger partial charge >= 0.3 is 6.18 Å². The van der Waals surface area contributed by atoms with Gasteiger partial charge < -0.3 is 5.32 Å². The summed E-state index contributed by atoms with van der Waals surface area (Å²) in [7, 11) is 0. The van der Waals surface area contributed by atoms with Crippen LogP contribution in [0, 0.1) is 6.92 Å². The van der Waals surface area contributed by atoms with Gasteiger partial charge in [0.05, 0.1) is 11.6 Å². The first-order chi connectivity index (χ1) is 11.3. The van der Waals surface area contributed by atoms with E-state index in [1.807, 2.05) is 38.1 Å². The smallest absolute Gasteiger partial charge is 0.375 e. The highest BCUT2D eigenvalue weighted by molar-refractivity contribution is 6.01. The van der Waals surface area contributed by atoms with E-state index >= 15 is 0 Å². The van der Waals surface area contributed by atoms with Crippen LogP contribution in [0.25, 0.3) is 0 Å². The summed E-state index contributed by atoms with van der Waals surface area (Å²) >= 11 is 0. The summed E-state index contributed by atoms with van der Waals surface area (Å²) in [5, 5.41) is 3.13. The first-order valence-electron chi connectivity index (χ1n) is 7.86. The van der Waals surface area contributed by atoms with Gasteiger partial charge in [-0.3, -0.25) is 4.79 Å². The van der Waals surface area contributed by atoms with Crippen molar-refractivity contribution in [3.8, 4) is 0 Å². The van der Waals surface area contributed by atoms with Gasteiger partial charge in [0.25, 0.3) is 0 Å². The highest BCUT2D eigenvalue weighted by Gasteiger charge is 2.31. The molecule has 0 spiro atoms. The molecule has 2 rings (SSSR count). The number of nitrogens with one attached hydrogen (secondary N) is 1. The lowest BCUT2D eigenvalue weighted by molar-refractivity contribution is -0.137. The van der Waals surface area contributed by atoms with Gasteiger partial charge in [0.2, 0.25) is 0 Å². The molecule has 0 bridgehead atoms. The number of ketones is 1. The number of alkyl halides is 3. The fourth-order valence-corrected chi connectivity index (χ4v) is 2.46. The van der Waals surface area contributed by atoms with Crippen molar-refractivity contribution < 1.29 is 18.0 Å². The van der Waals surface area contributed by atoms with E-state index in [-0.39, 0.29) is 11.3 Å². The van der Waals surface area contributed by atoms with E-state index in [4.69, 9.17) is 0 Å². The molecule has 24 heavy (non-hydrogen) atoms. The molecule has 0 amide bonds. The van der Waals surface area contributed by atoms with Crippen molar-refractivity contribution in [2.45, 2.75) is 38.9 Å². The quantitative estimate of drug-likeness (QED) is 0.709. The maximum atomic E-state index is 12.8. The number of carbonyl (C=O) groups excluding carboxylic acids is 1. The predicted molar refractivity (Wildman–Crippen MR) is 89.3 cm³/mol. The van der Waals surface area contributed by atoms with Gasteiger partial charge in [0, 0.05) is 11.3 Å². The van der Waals surface area contributed by atoms with Crippen LogP contribution in [0.15, 0.2) is 48.5 Å². The normalized spacial score (nSPS) is 12.7. The van der Waals surface area contributed by atoms with Crippen LogP contribution >= 0.6 is 0 Å². The van der Waals surface area contributed by atoms with Crippen molar-refractivity contribution in [3.05, 3.63) is 65.2 Å². The van der Waals surface area contributed by atoms with Crippen LogP contribution in [-0.2, 0) is 6.18 Å². The van der Waals surface area contributed by atoms with Crippen molar-refractivity contribution in [2.24, 2.45) is 0 Å². The number of Topliss-reactive ketones (excluding diaryl/α,β-unsaturated/α-hetero) is 1. The lowest BCUT2D eigenvalue weighted by atomic mass is 9.98. The third-order valence-electron chi connectivity index (χ3n) is 3.76. The second-order valence-electron chi connectivity index (χ2n) is 5.79. The Labute approximate surface area is 139 Å². The number of halogens is 3. The lowest BCUT2D eigenvalue weighted by Gasteiger charge is -2.19. The predicted octanol–water partition coefficient (Wildman–Crippen LogP) is 5.48. The van der Waals surface area contributed by atoms with Gasteiger partial charge in [-0.1, -0.05) is 43.2 Å². The van der Waals surface area contributed by atoms with Crippen LogP contribution in [0.2, 0.25) is 0 Å². The Balaban J connectivity index is 2.24. The molecule has 0 aliphatic carbocycles. The molecule has 2 aromatic rings. The number of hydrogen-bond donors (Lipinski definition) is 1. The summed E-state index contributed by atoms with van der Waals surface area (Å²) in [4.78, 5) is 12.7. The summed E-state index contributed by atoms with van der Waals surface area (Å²) in [5.41, 5.74) is 1.14. The standard InChI is InChI=1S/C19H20F3NO/c1-3-5-17(23-16-10-8-13(2)9-11-16)18(24)14-6-4-7-15(12-14)19(20,21)22/h4,6-12,17,23H,3,5H2,1-2H3. The Kier molecular flexibility index (Phi) is 5.65. The highest BCUT2D eigenvalue weighted by atomic mass is 19.4. The largest absolute Gasteiger partial charge is 0.416 e. The molecule has 1 unspecified atom stereocenters. The first-order valence-corrected chi connectivity index (χ1v) is 7.86. The molecule has 0 radical (unpaired) electrons. The van der Waals surface area contributed by atoms with E-state index in [1.54, 1.807) is 0 Å². The maximum Gasteiger partial charge on any atom is 0.416 e. The van der Waals surface area contributed by atoms with E-state index in [0.717, 1.165) is 29.8 Å². The van der Waals surface area contributed by atoms with Crippen LogP contribution in [0.4, 0.5) is 18.9 Å². The lowest BCUT2D eigenvalue weighted by Crippen LogP contribution is -2.29. The molecule has 2 nitrogen and oxygen atoms in total. The van der Waals surface area contributed by atoms with Gasteiger partial charge in [0.15, 0.2) is 5.78 Å². The number of hydrogen-bond acceptors (Lipinski definition) is 2. The zero-order chi connectivity index (χ0) is 17.7. The Morgan fingerprint density at radius 3 is 2.38 bits per heavy atom. The minimum atomic E-state index is -4.46. The van der Waals surface area contributed by atoms with E-state index in [1.165, 1.54) is 12.1 Å². The van der Waals surface area contributed by atoms with Crippen LogP contribution in [0.3, 0.4) is 0 Å². The van der Waals surface area contributed by atoms with Gasteiger partial charge in [-0.25, -0.2) is 0 Å². The number of rotatable bonds is 6. The van der Waals surface area contributed by atoms with E-state index in [2.05, 4.69) is 5.32 Å². The third-order valence-corrected chi connectivity index (χ3v) is 3.76. The first kappa shape index (κ1) is 18.0. The fourth-order valence-electron chi connectivity index (χ4n) is 2.46. The summed E-state index contributed by atoms with van der Waals surface area (Å²) in [6, 6.07) is 11.6. The molecular weight excluding hydrogens is 315 g/mol. The number of carbonyl (C=O) groups is 1. The second-order valence-corrected chi connectivity index (χ2v) is 5.79. The molecule has 0 fully saturated rings. The van der Waals surface area contributed by atoms with Crippen LogP contribution in [0.5, 0.6) is 0 Å². The topological polar surface area (TPSA) is 29.1 Å². The molecule has 5 heteroatoms. The van der Waals surface area contributed by atoms with Crippen molar-refractivity contribution in [1.82, 2.24) is 0 Å². The van der Waals surface area contributed by atoms with Crippen LogP contribution in [-0.4, -0.2) is 11.8 Å². The minimum absolute atomic E-state index is 0.0721. The molecule has 0 aliphatic rings. The molecule has 1 atom stereocenters. The number of anilines is 1. The van der Waals surface area contributed by atoms with Gasteiger partial charge in [-0.2, -0.15) is 13.2 Å². The monoisotopic (exact) mass is 335 g/mol. The van der Waals surface area contributed by atoms with E-state index < -0.39 is 17.8 Å². The molecule has 0 saturated heterocycles. The SMILES string of the molecule is CCCC(Nc1ccc(C)cc1)C(=O)c1cccc(C(F)(F)F)c1. The summed E-state index contributed by atoms with van der Waals surface area (Å²) in [5.74, 6) is -0.330. The van der Waals surface area contributed by atoms with Gasteiger partial charge in [0.1, 0.15) is 0 Å². The Bertz CT molecular complexity index is 693. The van der Waals surface area contributed by atoms with Crippen molar-refractivity contribution in [2.75, 3.05) is 5.32 Å². The van der Waals surface area contributed by atoms with Crippen molar-refractivity contribution >= 4 is 11.5 Å². The zero-order valence-corrected chi connectivity index (χ0v) is 13.7. The molecule has 0 aliphatic heterocycles. The number of benzene rings is 2. The Morgan fingerprint density at radius 2 is 1.79 bits per heavy atom. The van der Waals surface area contributed by atoms with Crippen molar-refractivity contribution in [3.63, 3.8) is 0 Å². The van der Waals surface area contributed by atoms with E-state index in [0.29, 0.717) is 6.42 Å². The molecule has 0 heterocycles. The summed E-state index contributed by atoms with van der Waals surface area (Å²) < 4.78 is 38.5. The Hall–Kier alpha value is -2.30.